The van der Waals surface area contributed by atoms with Gasteiger partial charge in [-0.1, -0.05) is 54.6 Å². The predicted molar refractivity (Wildman–Crippen MR) is 133 cm³/mol. The summed E-state index contributed by atoms with van der Waals surface area (Å²) in [4.78, 5) is 20.2. The van der Waals surface area contributed by atoms with Crippen LogP contribution < -0.4 is 16.0 Å². The van der Waals surface area contributed by atoms with E-state index in [0.29, 0.717) is 11.8 Å². The molecular weight excluding hydrogens is 410 g/mol. The van der Waals surface area contributed by atoms with Crippen molar-refractivity contribution in [1.29, 1.82) is 0 Å². The first-order valence-corrected chi connectivity index (χ1v) is 11.1. The third-order valence-electron chi connectivity index (χ3n) is 5.40. The Bertz CT molecular complexity index is 1190. The van der Waals surface area contributed by atoms with Crippen molar-refractivity contribution in [2.75, 3.05) is 17.3 Å². The van der Waals surface area contributed by atoms with E-state index in [9.17, 15) is 0 Å². The van der Waals surface area contributed by atoms with Crippen molar-refractivity contribution < 1.29 is 0 Å². The lowest BCUT2D eigenvalue weighted by molar-refractivity contribution is 0.768. The molecule has 7 nitrogen and oxygen atoms in total. The molecule has 2 heterocycles. The number of aromatic nitrogens is 4. The van der Waals surface area contributed by atoms with Crippen LogP contribution in [0.2, 0.25) is 0 Å². The Kier molecular flexibility index (Phi) is 6.90. The second-order valence-electron chi connectivity index (χ2n) is 8.19. The average molecular weight is 440 g/mol. The number of nitrogens with zero attached hydrogens (tertiary/aromatic N) is 5. The maximum absolute atomic E-state index is 6.02. The van der Waals surface area contributed by atoms with Crippen LogP contribution in [0, 0.1) is 0 Å². The van der Waals surface area contributed by atoms with Crippen molar-refractivity contribution in [3.63, 3.8) is 0 Å². The summed E-state index contributed by atoms with van der Waals surface area (Å²) >= 11 is 0. The molecule has 0 bridgehead atoms. The van der Waals surface area contributed by atoms with E-state index in [1.165, 1.54) is 5.56 Å². The minimum Gasteiger partial charge on any atom is -0.351 e. The first-order chi connectivity index (χ1) is 16.0. The molecule has 0 amide bonds. The molecule has 0 saturated carbocycles. The normalized spacial score (nSPS) is 12.7. The van der Waals surface area contributed by atoms with Gasteiger partial charge in [-0.25, -0.2) is 15.0 Å². The van der Waals surface area contributed by atoms with Crippen LogP contribution >= 0.6 is 0 Å². The summed E-state index contributed by atoms with van der Waals surface area (Å²) < 4.78 is 0. The molecule has 0 radical (unpaired) electrons. The van der Waals surface area contributed by atoms with Crippen molar-refractivity contribution in [2.24, 2.45) is 5.73 Å². The topological polar surface area (TPSA) is 92.8 Å². The van der Waals surface area contributed by atoms with Crippen molar-refractivity contribution >= 4 is 17.6 Å². The summed E-state index contributed by atoms with van der Waals surface area (Å²) in [6, 6.07) is 22.2. The SMILES string of the molecule is C[C@@H](Cc1cccc([C@@H](C)N)c1)Nc1nccc(N(C)c2ccnc(-c3ccccc3)n2)n1. The fourth-order valence-electron chi connectivity index (χ4n) is 3.61. The van der Waals surface area contributed by atoms with Crippen LogP contribution in [0.4, 0.5) is 17.6 Å². The quantitative estimate of drug-likeness (QED) is 0.409. The highest BCUT2D eigenvalue weighted by atomic mass is 15.3. The lowest BCUT2D eigenvalue weighted by Gasteiger charge is -2.19. The average Bonchev–Trinajstić information content (AvgIpc) is 2.84. The van der Waals surface area contributed by atoms with Gasteiger partial charge in [0.2, 0.25) is 5.95 Å². The Labute approximate surface area is 194 Å². The van der Waals surface area contributed by atoms with Crippen LogP contribution in [0.15, 0.2) is 79.1 Å². The van der Waals surface area contributed by atoms with Crippen molar-refractivity contribution in [1.82, 2.24) is 19.9 Å². The predicted octanol–water partition coefficient (Wildman–Crippen LogP) is 4.76. The number of hydrogen-bond acceptors (Lipinski definition) is 7. The molecule has 0 aliphatic carbocycles. The third kappa shape index (κ3) is 5.70. The van der Waals surface area contributed by atoms with Crippen LogP contribution in [-0.4, -0.2) is 33.0 Å². The number of nitrogens with one attached hydrogen (secondary N) is 1. The van der Waals surface area contributed by atoms with E-state index in [2.05, 4.69) is 46.5 Å². The summed E-state index contributed by atoms with van der Waals surface area (Å²) in [6.07, 6.45) is 4.36. The summed E-state index contributed by atoms with van der Waals surface area (Å²) in [7, 11) is 1.94. The van der Waals surface area contributed by atoms with Gasteiger partial charge >= 0.3 is 0 Å². The molecule has 2 aromatic carbocycles. The van der Waals surface area contributed by atoms with Gasteiger partial charge in [0.1, 0.15) is 11.6 Å². The Morgan fingerprint density at radius 1 is 0.879 bits per heavy atom. The van der Waals surface area contributed by atoms with Gasteiger partial charge in [0.15, 0.2) is 5.82 Å². The highest BCUT2D eigenvalue weighted by Crippen LogP contribution is 2.23. The fraction of sp³-hybridized carbons (Fsp3) is 0.231. The van der Waals surface area contributed by atoms with E-state index in [4.69, 9.17) is 15.7 Å². The van der Waals surface area contributed by atoms with Crippen LogP contribution in [0.5, 0.6) is 0 Å². The molecule has 2 atom stereocenters. The number of hydrogen-bond donors (Lipinski definition) is 2. The molecule has 0 saturated heterocycles. The Balaban J connectivity index is 1.47. The molecular formula is C26H29N7. The molecule has 4 rings (SSSR count). The minimum absolute atomic E-state index is 0.0213. The van der Waals surface area contributed by atoms with Gasteiger partial charge in [-0.15, -0.1) is 0 Å². The Hall–Kier alpha value is -3.84. The fourth-order valence-corrected chi connectivity index (χ4v) is 3.61. The van der Waals surface area contributed by atoms with E-state index >= 15 is 0 Å². The van der Waals surface area contributed by atoms with Gasteiger partial charge in [0, 0.05) is 37.1 Å². The maximum atomic E-state index is 6.02. The third-order valence-corrected chi connectivity index (χ3v) is 5.40. The van der Waals surface area contributed by atoms with Crippen LogP contribution in [0.1, 0.15) is 31.0 Å². The van der Waals surface area contributed by atoms with Crippen LogP contribution in [0.3, 0.4) is 0 Å². The highest BCUT2D eigenvalue weighted by Gasteiger charge is 2.12. The molecule has 168 valence electrons. The summed E-state index contributed by atoms with van der Waals surface area (Å²) in [5.41, 5.74) is 9.36. The second kappa shape index (κ2) is 10.2. The second-order valence-corrected chi connectivity index (χ2v) is 8.19. The summed E-state index contributed by atoms with van der Waals surface area (Å²) in [6.45, 7) is 4.12. The molecule has 0 unspecified atom stereocenters. The van der Waals surface area contributed by atoms with Gasteiger partial charge in [-0.3, -0.25) is 0 Å². The molecule has 3 N–H and O–H groups in total. The van der Waals surface area contributed by atoms with Crippen LogP contribution in [0.25, 0.3) is 11.4 Å². The van der Waals surface area contributed by atoms with E-state index in [1.54, 1.807) is 12.4 Å². The van der Waals surface area contributed by atoms with Crippen molar-refractivity contribution in [2.45, 2.75) is 32.4 Å². The van der Waals surface area contributed by atoms with Crippen LogP contribution in [-0.2, 0) is 6.42 Å². The summed E-state index contributed by atoms with van der Waals surface area (Å²) in [5.74, 6) is 2.76. The maximum Gasteiger partial charge on any atom is 0.224 e. The monoisotopic (exact) mass is 439 g/mol. The standard InChI is InChI=1S/C26H29N7/c1-18(16-20-8-7-11-22(17-20)19(2)27)30-26-29-15-13-24(32-26)33(3)23-12-14-28-25(31-23)21-9-5-4-6-10-21/h4-15,17-19H,16,27H2,1-3H3,(H,29,30,32)/t18-,19+/m0/s1. The highest BCUT2D eigenvalue weighted by molar-refractivity contribution is 5.61. The largest absolute Gasteiger partial charge is 0.351 e. The van der Waals surface area contributed by atoms with E-state index in [1.807, 2.05) is 61.3 Å². The zero-order valence-corrected chi connectivity index (χ0v) is 19.2. The molecule has 4 aromatic rings. The number of benzene rings is 2. The lowest BCUT2D eigenvalue weighted by Crippen LogP contribution is -2.21. The van der Waals surface area contributed by atoms with Gasteiger partial charge in [-0.2, -0.15) is 4.98 Å². The molecule has 0 fully saturated rings. The van der Waals surface area contributed by atoms with Gasteiger partial charge in [0.25, 0.3) is 0 Å². The molecule has 0 spiro atoms. The van der Waals surface area contributed by atoms with E-state index in [0.717, 1.165) is 29.2 Å². The first kappa shape index (κ1) is 22.4. The van der Waals surface area contributed by atoms with E-state index < -0.39 is 0 Å². The minimum atomic E-state index is 0.0213. The zero-order chi connectivity index (χ0) is 23.2. The molecule has 7 heteroatoms. The lowest BCUT2D eigenvalue weighted by atomic mass is 10.0. The van der Waals surface area contributed by atoms with E-state index in [-0.39, 0.29) is 12.1 Å². The molecule has 0 aliphatic heterocycles. The zero-order valence-electron chi connectivity index (χ0n) is 19.2. The summed E-state index contributed by atoms with van der Waals surface area (Å²) in [5, 5.41) is 3.41. The number of nitrogens with two attached hydrogens (primary N) is 1. The van der Waals surface area contributed by atoms with Gasteiger partial charge in [0.05, 0.1) is 0 Å². The Morgan fingerprint density at radius 3 is 2.36 bits per heavy atom. The van der Waals surface area contributed by atoms with Crippen molar-refractivity contribution in [3.05, 3.63) is 90.3 Å². The Morgan fingerprint density at radius 2 is 1.61 bits per heavy atom. The smallest absolute Gasteiger partial charge is 0.224 e. The molecule has 0 aliphatic rings. The molecule has 2 aromatic heterocycles. The number of anilines is 3. The number of rotatable bonds is 8. The molecule has 33 heavy (non-hydrogen) atoms. The first-order valence-electron chi connectivity index (χ1n) is 11.1. The van der Waals surface area contributed by atoms with Crippen molar-refractivity contribution in [3.8, 4) is 11.4 Å². The van der Waals surface area contributed by atoms with Gasteiger partial charge in [-0.05, 0) is 43.5 Å². The van der Waals surface area contributed by atoms with Gasteiger partial charge < -0.3 is 16.0 Å².